The molecule has 1 aromatic heterocycles. The molecule has 34 heavy (non-hydrogen) atoms. The molecule has 0 fully saturated rings. The van der Waals surface area contributed by atoms with Crippen LogP contribution < -0.4 is 20.9 Å². The van der Waals surface area contributed by atoms with Gasteiger partial charge in [-0.15, -0.1) is 0 Å². The second-order valence-corrected chi connectivity index (χ2v) is 7.76. The van der Waals surface area contributed by atoms with Crippen LogP contribution >= 0.6 is 0 Å². The van der Waals surface area contributed by atoms with Crippen LogP contribution in [0.15, 0.2) is 23.1 Å². The molecular weight excluding hydrogens is 463 g/mol. The van der Waals surface area contributed by atoms with Crippen molar-refractivity contribution < 1.29 is 41.8 Å². The molecule has 0 aliphatic carbocycles. The minimum absolute atomic E-state index is 0.427. The number of nitrogens with one attached hydrogen (secondary N) is 2. The van der Waals surface area contributed by atoms with Gasteiger partial charge in [0.15, 0.2) is 11.4 Å². The number of esters is 1. The van der Waals surface area contributed by atoms with Crippen LogP contribution in [-0.4, -0.2) is 42.5 Å². The lowest BCUT2D eigenvalue weighted by Crippen LogP contribution is -2.37. The number of carbonyl (C=O) groups is 3. The van der Waals surface area contributed by atoms with Gasteiger partial charge in [0.2, 0.25) is 5.43 Å². The van der Waals surface area contributed by atoms with Gasteiger partial charge in [0, 0.05) is 30.4 Å². The molecule has 0 aliphatic rings. The summed E-state index contributed by atoms with van der Waals surface area (Å²) in [5, 5.41) is 2.12. The summed E-state index contributed by atoms with van der Waals surface area (Å²) in [5.41, 5.74) is -1.72. The fraction of sp³-hybridized carbons (Fsp3) is 0.333. The van der Waals surface area contributed by atoms with Crippen LogP contribution in [0.2, 0.25) is 0 Å². The number of amides is 2. The van der Waals surface area contributed by atoms with Crippen molar-refractivity contribution in [2.45, 2.75) is 32.9 Å². The van der Waals surface area contributed by atoms with Crippen molar-refractivity contribution in [2.24, 2.45) is 0 Å². The van der Waals surface area contributed by atoms with E-state index in [2.05, 4.69) is 15.5 Å². The molecule has 0 aliphatic heterocycles. The van der Waals surface area contributed by atoms with E-state index in [1.165, 1.54) is 0 Å². The summed E-state index contributed by atoms with van der Waals surface area (Å²) in [6, 6.07) is 0.854. The number of carbonyl (C=O) groups excluding carboxylic acids is 3. The molecule has 2 amide bonds. The van der Waals surface area contributed by atoms with E-state index in [0.29, 0.717) is 16.8 Å². The summed E-state index contributed by atoms with van der Waals surface area (Å²) in [6.07, 6.45) is -0.265. The Morgan fingerprint density at radius 2 is 1.65 bits per heavy atom. The van der Waals surface area contributed by atoms with Gasteiger partial charge in [-0.3, -0.25) is 9.59 Å². The molecule has 2 rings (SSSR count). The molecular formula is C21H22F3N3O7. The van der Waals surface area contributed by atoms with E-state index in [1.807, 2.05) is 0 Å². The van der Waals surface area contributed by atoms with Crippen LogP contribution in [0.1, 0.15) is 47.2 Å². The summed E-state index contributed by atoms with van der Waals surface area (Å²) in [4.78, 5) is 49.9. The number of benzene rings is 1. The minimum atomic E-state index is -1.25. The molecule has 0 radical (unpaired) electrons. The number of nitrogens with zero attached hydrogens (tertiary/aromatic N) is 1. The summed E-state index contributed by atoms with van der Waals surface area (Å²) >= 11 is 0. The highest BCUT2D eigenvalue weighted by Crippen LogP contribution is 2.18. The van der Waals surface area contributed by atoms with Gasteiger partial charge >= 0.3 is 12.1 Å². The first-order valence-electron chi connectivity index (χ1n) is 9.62. The largest absolute Gasteiger partial charge is 0.490 e. The van der Waals surface area contributed by atoms with Gasteiger partial charge in [-0.25, -0.2) is 32.9 Å². The van der Waals surface area contributed by atoms with E-state index in [0.717, 1.165) is 20.4 Å². The van der Waals surface area contributed by atoms with E-state index < -0.39 is 75.6 Å². The van der Waals surface area contributed by atoms with Crippen molar-refractivity contribution in [3.8, 4) is 5.75 Å². The average molecular weight is 485 g/mol. The van der Waals surface area contributed by atoms with Crippen LogP contribution in [0.5, 0.6) is 5.75 Å². The smallest absolute Gasteiger partial charge is 0.426 e. The van der Waals surface area contributed by atoms with Crippen molar-refractivity contribution in [3.63, 3.8) is 0 Å². The number of rotatable bonds is 6. The summed E-state index contributed by atoms with van der Waals surface area (Å²) in [7, 11) is 2.04. The van der Waals surface area contributed by atoms with Gasteiger partial charge < -0.3 is 19.5 Å². The zero-order valence-corrected chi connectivity index (χ0v) is 18.9. The normalized spacial score (nSPS) is 10.9. The molecule has 13 heteroatoms. The summed E-state index contributed by atoms with van der Waals surface area (Å²) in [6.45, 7) is 3.99. The SMILES string of the molecule is COC(=O)c1c(OC)c(=O)c(C(=O)NCc2c(F)cc(F)cc2F)cn1NC(=O)OC(C)(C)C. The first kappa shape index (κ1) is 26.2. The average Bonchev–Trinajstić information content (AvgIpc) is 2.71. The van der Waals surface area contributed by atoms with Gasteiger partial charge in [-0.1, -0.05) is 0 Å². The maximum atomic E-state index is 13.9. The lowest BCUT2D eigenvalue weighted by Gasteiger charge is -2.22. The predicted octanol–water partition coefficient (Wildman–Crippen LogP) is 2.47. The van der Waals surface area contributed by atoms with Gasteiger partial charge in [0.05, 0.1) is 14.2 Å². The number of pyridine rings is 1. The van der Waals surface area contributed by atoms with Crippen LogP contribution in [0.3, 0.4) is 0 Å². The zero-order valence-electron chi connectivity index (χ0n) is 18.9. The Labute approximate surface area is 191 Å². The highest BCUT2D eigenvalue weighted by molar-refractivity contribution is 5.97. The first-order valence-corrected chi connectivity index (χ1v) is 9.62. The standard InChI is InChI=1S/C21H22F3N3O7/c1-21(2,3)34-20(31)26-27-9-12(16(28)17(32-4)15(27)19(30)33-5)18(29)25-8-11-13(23)6-10(22)7-14(11)24/h6-7,9H,8H2,1-5H3,(H,25,29)(H,26,31). The summed E-state index contributed by atoms with van der Waals surface area (Å²) in [5.74, 6) is -6.53. The third kappa shape index (κ3) is 6.05. The number of halogens is 3. The molecule has 2 N–H and O–H groups in total. The quantitative estimate of drug-likeness (QED) is 0.603. The van der Waals surface area contributed by atoms with Crippen LogP contribution in [-0.2, 0) is 16.0 Å². The highest BCUT2D eigenvalue weighted by atomic mass is 19.1. The molecule has 0 spiro atoms. The third-order valence-corrected chi connectivity index (χ3v) is 4.13. The van der Waals surface area contributed by atoms with E-state index >= 15 is 0 Å². The fourth-order valence-corrected chi connectivity index (χ4v) is 2.72. The molecule has 184 valence electrons. The predicted molar refractivity (Wildman–Crippen MR) is 112 cm³/mol. The topological polar surface area (TPSA) is 125 Å². The molecule has 0 bridgehead atoms. The number of methoxy groups -OCH3 is 2. The van der Waals surface area contributed by atoms with E-state index in [1.54, 1.807) is 20.8 Å². The van der Waals surface area contributed by atoms with Crippen molar-refractivity contribution in [1.29, 1.82) is 0 Å². The first-order chi connectivity index (χ1) is 15.8. The monoisotopic (exact) mass is 485 g/mol. The Morgan fingerprint density at radius 1 is 1.06 bits per heavy atom. The van der Waals surface area contributed by atoms with E-state index in [-0.39, 0.29) is 0 Å². The van der Waals surface area contributed by atoms with E-state index in [4.69, 9.17) is 9.47 Å². The number of ether oxygens (including phenoxy) is 3. The van der Waals surface area contributed by atoms with Crippen molar-refractivity contribution in [1.82, 2.24) is 9.99 Å². The Kier molecular flexibility index (Phi) is 7.92. The lowest BCUT2D eigenvalue weighted by molar-refractivity contribution is 0.0574. The highest BCUT2D eigenvalue weighted by Gasteiger charge is 2.28. The second kappa shape index (κ2) is 10.3. The Morgan fingerprint density at radius 3 is 2.15 bits per heavy atom. The second-order valence-electron chi connectivity index (χ2n) is 7.76. The molecule has 0 unspecified atom stereocenters. The number of hydrogen-bond donors (Lipinski definition) is 2. The molecule has 1 aromatic carbocycles. The molecule has 0 saturated heterocycles. The Hall–Kier alpha value is -4.03. The minimum Gasteiger partial charge on any atom is -0.490 e. The fourth-order valence-electron chi connectivity index (χ4n) is 2.72. The number of hydrogen-bond acceptors (Lipinski definition) is 7. The van der Waals surface area contributed by atoms with Gasteiger partial charge in [0.1, 0.15) is 28.6 Å². The lowest BCUT2D eigenvalue weighted by atomic mass is 10.1. The van der Waals surface area contributed by atoms with Crippen LogP contribution in [0, 0.1) is 17.5 Å². The summed E-state index contributed by atoms with van der Waals surface area (Å²) < 4.78 is 56.2. The molecule has 0 atom stereocenters. The van der Waals surface area contributed by atoms with Crippen molar-refractivity contribution in [2.75, 3.05) is 19.6 Å². The maximum Gasteiger partial charge on any atom is 0.426 e. The Balaban J connectivity index is 2.49. The molecule has 10 nitrogen and oxygen atoms in total. The third-order valence-electron chi connectivity index (χ3n) is 4.13. The van der Waals surface area contributed by atoms with E-state index in [9.17, 15) is 32.3 Å². The molecule has 2 aromatic rings. The van der Waals surface area contributed by atoms with Crippen molar-refractivity contribution in [3.05, 3.63) is 62.8 Å². The van der Waals surface area contributed by atoms with Gasteiger partial charge in [0.25, 0.3) is 5.91 Å². The maximum absolute atomic E-state index is 13.9. The molecule has 0 saturated carbocycles. The van der Waals surface area contributed by atoms with Gasteiger partial charge in [-0.05, 0) is 20.8 Å². The molecule has 1 heterocycles. The van der Waals surface area contributed by atoms with Crippen LogP contribution in [0.25, 0.3) is 0 Å². The Bertz CT molecular complexity index is 1170. The van der Waals surface area contributed by atoms with Gasteiger partial charge in [-0.2, -0.15) is 0 Å². The zero-order chi connectivity index (χ0) is 25.8. The van der Waals surface area contributed by atoms with Crippen LogP contribution in [0.4, 0.5) is 18.0 Å². The number of aromatic nitrogens is 1. The van der Waals surface area contributed by atoms with Crippen molar-refractivity contribution >= 4 is 18.0 Å².